The zero-order chi connectivity index (χ0) is 20.4. The number of carbonyl (C=O) groups excluding carboxylic acids is 2. The second-order valence-corrected chi connectivity index (χ2v) is 6.54. The molecular weight excluding hydrogens is 372 g/mol. The number of rotatable bonds is 4. The topological polar surface area (TPSA) is 80.9 Å². The molecule has 7 heteroatoms. The van der Waals surface area contributed by atoms with Crippen LogP contribution in [0.15, 0.2) is 65.9 Å². The number of ether oxygens (including phenoxy) is 3. The molecule has 0 atom stereocenters. The molecule has 4 rings (SSSR count). The second kappa shape index (κ2) is 7.81. The van der Waals surface area contributed by atoms with Gasteiger partial charge in [0.15, 0.2) is 0 Å². The predicted molar refractivity (Wildman–Crippen MR) is 108 cm³/mol. The van der Waals surface area contributed by atoms with E-state index in [1.54, 1.807) is 4.90 Å². The van der Waals surface area contributed by atoms with Crippen molar-refractivity contribution in [3.8, 4) is 11.3 Å². The van der Waals surface area contributed by atoms with Crippen LogP contribution in [0.5, 0.6) is 0 Å². The van der Waals surface area contributed by atoms with Crippen molar-refractivity contribution in [3.05, 3.63) is 65.9 Å². The summed E-state index contributed by atoms with van der Waals surface area (Å²) in [5.74, 6) is -1.24. The van der Waals surface area contributed by atoms with Crippen LogP contribution in [0.3, 0.4) is 0 Å². The van der Waals surface area contributed by atoms with Gasteiger partial charge in [-0.05, 0) is 24.3 Å². The highest BCUT2D eigenvalue weighted by molar-refractivity contribution is 6.03. The summed E-state index contributed by atoms with van der Waals surface area (Å²) in [4.78, 5) is 29.6. The minimum Gasteiger partial charge on any atom is -0.466 e. The van der Waals surface area contributed by atoms with Gasteiger partial charge < -0.3 is 24.1 Å². The molecule has 1 N–H and O–H groups in total. The van der Waals surface area contributed by atoms with Crippen molar-refractivity contribution >= 4 is 28.5 Å². The van der Waals surface area contributed by atoms with Crippen LogP contribution in [-0.2, 0) is 23.8 Å². The first kappa shape index (κ1) is 18.8. The highest BCUT2D eigenvalue weighted by Gasteiger charge is 2.32. The number of fused-ring (bicyclic) bond motifs is 1. The van der Waals surface area contributed by atoms with Gasteiger partial charge in [-0.1, -0.05) is 30.3 Å². The van der Waals surface area contributed by atoms with Crippen molar-refractivity contribution in [2.75, 3.05) is 32.5 Å². The first-order chi connectivity index (χ1) is 14.1. The normalized spacial score (nSPS) is 14.2. The fraction of sp³-hybridized carbons (Fsp3) is 0.182. The second-order valence-electron chi connectivity index (χ2n) is 6.54. The Morgan fingerprint density at radius 2 is 1.79 bits per heavy atom. The van der Waals surface area contributed by atoms with Crippen molar-refractivity contribution in [1.29, 1.82) is 0 Å². The minimum absolute atomic E-state index is 0.0185. The van der Waals surface area contributed by atoms with Crippen LogP contribution in [0, 0.1) is 0 Å². The van der Waals surface area contributed by atoms with E-state index in [2.05, 4.69) is 11.1 Å². The van der Waals surface area contributed by atoms with Gasteiger partial charge in [0.25, 0.3) is 0 Å². The number of anilines is 1. The largest absolute Gasteiger partial charge is 0.466 e. The van der Waals surface area contributed by atoms with Crippen molar-refractivity contribution in [2.45, 2.75) is 0 Å². The van der Waals surface area contributed by atoms with Gasteiger partial charge in [-0.2, -0.15) is 0 Å². The van der Waals surface area contributed by atoms with E-state index >= 15 is 0 Å². The van der Waals surface area contributed by atoms with Crippen LogP contribution in [0.25, 0.3) is 22.2 Å². The van der Waals surface area contributed by atoms with Crippen LogP contribution in [0.2, 0.25) is 0 Å². The van der Waals surface area contributed by atoms with Crippen LogP contribution in [-0.4, -0.2) is 44.5 Å². The van der Waals surface area contributed by atoms with Crippen LogP contribution < -0.4 is 4.90 Å². The summed E-state index contributed by atoms with van der Waals surface area (Å²) < 4.78 is 15.3. The number of hydrogen-bond donors (Lipinski definition) is 1. The lowest BCUT2D eigenvalue weighted by Gasteiger charge is -2.31. The van der Waals surface area contributed by atoms with E-state index in [1.165, 1.54) is 14.2 Å². The molecule has 0 aliphatic carbocycles. The molecule has 2 heterocycles. The summed E-state index contributed by atoms with van der Waals surface area (Å²) in [7, 11) is 2.54. The monoisotopic (exact) mass is 392 g/mol. The lowest BCUT2D eigenvalue weighted by molar-refractivity contribution is -0.140. The Hall–Kier alpha value is -3.58. The summed E-state index contributed by atoms with van der Waals surface area (Å²) >= 11 is 0. The molecule has 3 aromatic rings. The predicted octanol–water partition coefficient (Wildman–Crippen LogP) is 3.23. The van der Waals surface area contributed by atoms with Gasteiger partial charge in [-0.25, -0.2) is 9.59 Å². The Labute approximate surface area is 167 Å². The lowest BCUT2D eigenvalue weighted by Crippen LogP contribution is -2.38. The molecule has 148 valence electrons. The lowest BCUT2D eigenvalue weighted by atomic mass is 10.1. The van der Waals surface area contributed by atoms with Gasteiger partial charge in [0, 0.05) is 27.8 Å². The zero-order valence-electron chi connectivity index (χ0n) is 16.1. The summed E-state index contributed by atoms with van der Waals surface area (Å²) in [6, 6.07) is 17.7. The van der Waals surface area contributed by atoms with Crippen molar-refractivity contribution in [3.63, 3.8) is 0 Å². The van der Waals surface area contributed by atoms with Crippen molar-refractivity contribution < 1.29 is 23.8 Å². The van der Waals surface area contributed by atoms with E-state index in [1.807, 2.05) is 48.5 Å². The molecule has 0 spiro atoms. The van der Waals surface area contributed by atoms with E-state index in [0.717, 1.165) is 22.2 Å². The minimum atomic E-state index is -0.623. The molecule has 29 heavy (non-hydrogen) atoms. The maximum Gasteiger partial charge on any atom is 0.355 e. The highest BCUT2D eigenvalue weighted by Crippen LogP contribution is 2.31. The smallest absolute Gasteiger partial charge is 0.355 e. The number of aromatic nitrogens is 1. The number of benzene rings is 2. The standard InChI is InChI=1S/C22H20N2O5/c1-27-21(25)17-12-29-13-24(20(17)22(26)28-2)16-8-5-7-14(10-16)19-11-15-6-3-4-9-18(15)23-19/h3-11,23H,12-13H2,1-2H3. The van der Waals surface area contributed by atoms with Gasteiger partial charge in [0.2, 0.25) is 0 Å². The Kier molecular flexibility index (Phi) is 5.05. The average Bonchev–Trinajstić information content (AvgIpc) is 3.22. The van der Waals surface area contributed by atoms with Crippen molar-refractivity contribution in [2.24, 2.45) is 0 Å². The Morgan fingerprint density at radius 1 is 1.00 bits per heavy atom. The molecule has 0 radical (unpaired) electrons. The summed E-state index contributed by atoms with van der Waals surface area (Å²) in [5, 5.41) is 1.11. The molecule has 1 aliphatic rings. The zero-order valence-corrected chi connectivity index (χ0v) is 16.1. The van der Waals surface area contributed by atoms with Gasteiger partial charge in [0.1, 0.15) is 12.4 Å². The van der Waals surface area contributed by atoms with Crippen LogP contribution in [0.4, 0.5) is 5.69 Å². The van der Waals surface area contributed by atoms with Crippen molar-refractivity contribution in [1.82, 2.24) is 4.98 Å². The molecule has 2 aromatic carbocycles. The van der Waals surface area contributed by atoms with E-state index in [0.29, 0.717) is 5.69 Å². The summed E-state index contributed by atoms with van der Waals surface area (Å²) in [6.45, 7) is 0.0936. The van der Waals surface area contributed by atoms with Crippen LogP contribution in [0.1, 0.15) is 0 Å². The molecule has 0 amide bonds. The van der Waals surface area contributed by atoms with E-state index in [-0.39, 0.29) is 24.6 Å². The third kappa shape index (κ3) is 3.48. The first-order valence-corrected chi connectivity index (χ1v) is 9.05. The number of H-pyrrole nitrogens is 1. The summed E-state index contributed by atoms with van der Waals surface area (Å²) in [6.07, 6.45) is 0. The summed E-state index contributed by atoms with van der Waals surface area (Å²) in [5.41, 5.74) is 3.87. The quantitative estimate of drug-likeness (QED) is 0.687. The Bertz CT molecular complexity index is 1080. The number of nitrogens with zero attached hydrogens (tertiary/aromatic N) is 1. The number of aromatic amines is 1. The number of esters is 2. The fourth-order valence-electron chi connectivity index (χ4n) is 3.42. The molecule has 7 nitrogen and oxygen atoms in total. The highest BCUT2D eigenvalue weighted by atomic mass is 16.5. The third-order valence-corrected chi connectivity index (χ3v) is 4.83. The number of para-hydroxylation sites is 1. The third-order valence-electron chi connectivity index (χ3n) is 4.83. The molecule has 0 saturated carbocycles. The number of methoxy groups -OCH3 is 2. The average molecular weight is 392 g/mol. The molecule has 0 saturated heterocycles. The van der Waals surface area contributed by atoms with Gasteiger partial charge in [0.05, 0.1) is 26.4 Å². The molecule has 0 fully saturated rings. The molecule has 1 aliphatic heterocycles. The maximum atomic E-state index is 12.5. The number of nitrogens with one attached hydrogen (secondary N) is 1. The SMILES string of the molecule is COC(=O)C1=C(C(=O)OC)N(c2cccc(-c3cc4ccccc4[nH]3)c2)COC1. The Morgan fingerprint density at radius 3 is 2.55 bits per heavy atom. The Balaban J connectivity index is 1.78. The first-order valence-electron chi connectivity index (χ1n) is 9.05. The van der Waals surface area contributed by atoms with Gasteiger partial charge in [-0.15, -0.1) is 0 Å². The maximum absolute atomic E-state index is 12.5. The number of carbonyl (C=O) groups is 2. The van der Waals surface area contributed by atoms with Crippen LogP contribution >= 0.6 is 0 Å². The van der Waals surface area contributed by atoms with Gasteiger partial charge >= 0.3 is 11.9 Å². The number of hydrogen-bond acceptors (Lipinski definition) is 6. The fourth-order valence-corrected chi connectivity index (χ4v) is 3.42. The van der Waals surface area contributed by atoms with E-state index < -0.39 is 11.9 Å². The molecular formula is C22H20N2O5. The van der Waals surface area contributed by atoms with Gasteiger partial charge in [-0.3, -0.25) is 0 Å². The molecule has 0 bridgehead atoms. The van der Waals surface area contributed by atoms with E-state index in [4.69, 9.17) is 14.2 Å². The molecule has 1 aromatic heterocycles. The van der Waals surface area contributed by atoms with E-state index in [9.17, 15) is 9.59 Å². The molecule has 0 unspecified atom stereocenters.